The van der Waals surface area contributed by atoms with Crippen molar-refractivity contribution in [2.45, 2.75) is 23.8 Å². The molecule has 2 aromatic carbocycles. The van der Waals surface area contributed by atoms with Gasteiger partial charge in [-0.05, 0) is 60.4 Å². The van der Waals surface area contributed by atoms with Crippen LogP contribution in [0.1, 0.15) is 29.2 Å². The van der Waals surface area contributed by atoms with Gasteiger partial charge in [0, 0.05) is 12.1 Å². The van der Waals surface area contributed by atoms with E-state index in [0.29, 0.717) is 10.6 Å². The average molecular weight is 404 g/mol. The van der Waals surface area contributed by atoms with E-state index in [9.17, 15) is 13.2 Å². The maximum atomic E-state index is 12.6. The fraction of sp³-hybridized carbons (Fsp3) is 0.263. The number of carbonyl (C=O) groups is 1. The van der Waals surface area contributed by atoms with Crippen LogP contribution in [0, 0.1) is 11.3 Å². The Kier molecular flexibility index (Phi) is 5.51. The topological polar surface area (TPSA) is 90.3 Å². The molecule has 0 saturated carbocycles. The Balaban J connectivity index is 1.66. The zero-order valence-corrected chi connectivity index (χ0v) is 16.2. The van der Waals surface area contributed by atoms with Gasteiger partial charge in [-0.1, -0.05) is 17.7 Å². The standard InChI is InChI=1S/C19H18ClN3O3S/c1-23(27(25,26)16-6-2-13(11-21)3-7-16)12-19(24)22-18-9-4-14-10-15(20)5-8-17(14)18/h2-3,5-8,10,18H,4,9,12H2,1H3,(H,22,24). The number of likely N-dealkylation sites (N-methyl/N-ethyl adjacent to an activating group) is 1. The minimum absolute atomic E-state index is 0.0395. The van der Waals surface area contributed by atoms with Crippen LogP contribution >= 0.6 is 11.6 Å². The lowest BCUT2D eigenvalue weighted by Crippen LogP contribution is -2.39. The lowest BCUT2D eigenvalue weighted by atomic mass is 10.1. The summed E-state index contributed by atoms with van der Waals surface area (Å²) in [4.78, 5) is 12.4. The number of aryl methyl sites for hydroxylation is 1. The second-order valence-electron chi connectivity index (χ2n) is 6.40. The molecule has 1 unspecified atom stereocenters. The summed E-state index contributed by atoms with van der Waals surface area (Å²) in [5.41, 5.74) is 2.49. The van der Waals surface area contributed by atoms with E-state index >= 15 is 0 Å². The second kappa shape index (κ2) is 7.69. The van der Waals surface area contributed by atoms with Gasteiger partial charge in [0.1, 0.15) is 0 Å². The van der Waals surface area contributed by atoms with Crippen LogP contribution in [-0.4, -0.2) is 32.2 Å². The van der Waals surface area contributed by atoms with Gasteiger partial charge < -0.3 is 5.32 Å². The highest BCUT2D eigenvalue weighted by Gasteiger charge is 2.27. The maximum Gasteiger partial charge on any atom is 0.243 e. The van der Waals surface area contributed by atoms with Gasteiger partial charge in [0.15, 0.2) is 0 Å². The number of carbonyl (C=O) groups excluding carboxylic acids is 1. The highest BCUT2D eigenvalue weighted by Crippen LogP contribution is 2.32. The molecule has 0 saturated heterocycles. The molecule has 0 fully saturated rings. The summed E-state index contributed by atoms with van der Waals surface area (Å²) >= 11 is 5.99. The van der Waals surface area contributed by atoms with Gasteiger partial charge in [-0.3, -0.25) is 4.79 Å². The van der Waals surface area contributed by atoms with Crippen LogP contribution in [0.25, 0.3) is 0 Å². The summed E-state index contributed by atoms with van der Waals surface area (Å²) in [6.07, 6.45) is 1.58. The second-order valence-corrected chi connectivity index (χ2v) is 8.88. The third-order valence-electron chi connectivity index (χ3n) is 4.58. The summed E-state index contributed by atoms with van der Waals surface area (Å²) in [5.74, 6) is -0.373. The van der Waals surface area contributed by atoms with Crippen LogP contribution < -0.4 is 5.32 Å². The number of rotatable bonds is 5. The fourth-order valence-corrected chi connectivity index (χ4v) is 4.47. The molecular formula is C19H18ClN3O3S. The van der Waals surface area contributed by atoms with Crippen molar-refractivity contribution in [1.29, 1.82) is 5.26 Å². The van der Waals surface area contributed by atoms with Crippen molar-refractivity contribution in [1.82, 2.24) is 9.62 Å². The molecule has 8 heteroatoms. The van der Waals surface area contributed by atoms with Gasteiger partial charge in [-0.25, -0.2) is 8.42 Å². The van der Waals surface area contributed by atoms with Gasteiger partial charge in [0.05, 0.1) is 29.1 Å². The van der Waals surface area contributed by atoms with E-state index < -0.39 is 10.0 Å². The van der Waals surface area contributed by atoms with Gasteiger partial charge in [-0.2, -0.15) is 9.57 Å². The van der Waals surface area contributed by atoms with E-state index in [4.69, 9.17) is 16.9 Å². The van der Waals surface area contributed by atoms with Crippen LogP contribution in [0.2, 0.25) is 5.02 Å². The van der Waals surface area contributed by atoms with Crippen molar-refractivity contribution < 1.29 is 13.2 Å². The number of fused-ring (bicyclic) bond motifs is 1. The van der Waals surface area contributed by atoms with E-state index in [-0.39, 0.29) is 23.4 Å². The first-order valence-electron chi connectivity index (χ1n) is 8.35. The van der Waals surface area contributed by atoms with Crippen LogP contribution in [0.3, 0.4) is 0 Å². The molecular weight excluding hydrogens is 386 g/mol. The monoisotopic (exact) mass is 403 g/mol. The van der Waals surface area contributed by atoms with E-state index in [0.717, 1.165) is 28.3 Å². The molecule has 0 aromatic heterocycles. The van der Waals surface area contributed by atoms with Gasteiger partial charge in [-0.15, -0.1) is 0 Å². The van der Waals surface area contributed by atoms with Gasteiger partial charge >= 0.3 is 0 Å². The van der Waals surface area contributed by atoms with Crippen LogP contribution in [0.5, 0.6) is 0 Å². The average Bonchev–Trinajstić information content (AvgIpc) is 3.03. The molecule has 27 heavy (non-hydrogen) atoms. The number of hydrogen-bond donors (Lipinski definition) is 1. The zero-order chi connectivity index (χ0) is 19.6. The quantitative estimate of drug-likeness (QED) is 0.830. The van der Waals surface area contributed by atoms with Gasteiger partial charge in [0.25, 0.3) is 0 Å². The lowest BCUT2D eigenvalue weighted by molar-refractivity contribution is -0.121. The van der Waals surface area contributed by atoms with Gasteiger partial charge in [0.2, 0.25) is 15.9 Å². The molecule has 1 amide bonds. The first-order valence-corrected chi connectivity index (χ1v) is 10.2. The molecule has 3 rings (SSSR count). The zero-order valence-electron chi connectivity index (χ0n) is 14.6. The van der Waals surface area contributed by atoms with E-state index in [1.165, 1.54) is 31.3 Å². The summed E-state index contributed by atoms with van der Waals surface area (Å²) in [7, 11) is -2.46. The Labute approximate surface area is 163 Å². The Morgan fingerprint density at radius 1 is 1.30 bits per heavy atom. The Bertz CT molecular complexity index is 1010. The summed E-state index contributed by atoms with van der Waals surface area (Å²) in [5, 5.41) is 12.4. The number of benzene rings is 2. The molecule has 0 radical (unpaired) electrons. The van der Waals surface area contributed by atoms with Crippen molar-refractivity contribution in [3.8, 4) is 6.07 Å². The van der Waals surface area contributed by atoms with Crippen LogP contribution in [0.4, 0.5) is 0 Å². The van der Waals surface area contributed by atoms with E-state index in [2.05, 4.69) is 5.32 Å². The van der Waals surface area contributed by atoms with Crippen molar-refractivity contribution in [2.75, 3.05) is 13.6 Å². The third kappa shape index (κ3) is 4.14. The van der Waals surface area contributed by atoms with E-state index in [1.54, 1.807) is 6.07 Å². The summed E-state index contributed by atoms with van der Waals surface area (Å²) < 4.78 is 26.2. The van der Waals surface area contributed by atoms with Crippen LogP contribution in [-0.2, 0) is 21.2 Å². The predicted octanol–water partition coefficient (Wildman–Crippen LogP) is 2.64. The molecule has 6 nitrogen and oxygen atoms in total. The highest BCUT2D eigenvalue weighted by atomic mass is 35.5. The number of sulfonamides is 1. The number of nitrogens with zero attached hydrogens (tertiary/aromatic N) is 2. The Hall–Kier alpha value is -2.40. The molecule has 0 heterocycles. The first-order chi connectivity index (χ1) is 12.8. The first kappa shape index (κ1) is 19.4. The normalized spacial score (nSPS) is 16.0. The van der Waals surface area contributed by atoms with Crippen molar-refractivity contribution >= 4 is 27.5 Å². The Morgan fingerprint density at radius 3 is 2.67 bits per heavy atom. The lowest BCUT2D eigenvalue weighted by Gasteiger charge is -2.19. The molecule has 0 bridgehead atoms. The van der Waals surface area contributed by atoms with Crippen molar-refractivity contribution in [3.05, 3.63) is 64.2 Å². The number of nitrogens with one attached hydrogen (secondary N) is 1. The molecule has 0 spiro atoms. The number of nitriles is 1. The van der Waals surface area contributed by atoms with Crippen LogP contribution in [0.15, 0.2) is 47.4 Å². The molecule has 1 atom stereocenters. The van der Waals surface area contributed by atoms with Crippen molar-refractivity contribution in [2.24, 2.45) is 0 Å². The molecule has 1 aliphatic rings. The summed E-state index contributed by atoms with van der Waals surface area (Å²) in [6.45, 7) is -0.290. The fourth-order valence-electron chi connectivity index (χ4n) is 3.14. The van der Waals surface area contributed by atoms with E-state index in [1.807, 2.05) is 18.2 Å². The predicted molar refractivity (Wildman–Crippen MR) is 102 cm³/mol. The molecule has 140 valence electrons. The largest absolute Gasteiger partial charge is 0.348 e. The molecule has 1 N–H and O–H groups in total. The van der Waals surface area contributed by atoms with Crippen molar-refractivity contribution in [3.63, 3.8) is 0 Å². The number of hydrogen-bond acceptors (Lipinski definition) is 4. The SMILES string of the molecule is CN(CC(=O)NC1CCc2cc(Cl)ccc21)S(=O)(=O)c1ccc(C#N)cc1. The third-order valence-corrected chi connectivity index (χ3v) is 6.63. The Morgan fingerprint density at radius 2 is 2.00 bits per heavy atom. The summed E-state index contributed by atoms with van der Waals surface area (Å²) in [6, 6.07) is 13.0. The molecule has 2 aromatic rings. The molecule has 1 aliphatic carbocycles. The number of amides is 1. The maximum absolute atomic E-state index is 12.6. The number of halogens is 1. The minimum Gasteiger partial charge on any atom is -0.348 e. The smallest absolute Gasteiger partial charge is 0.243 e. The minimum atomic E-state index is -3.81. The molecule has 0 aliphatic heterocycles. The highest BCUT2D eigenvalue weighted by molar-refractivity contribution is 7.89.